The third-order valence-corrected chi connectivity index (χ3v) is 8.68. The van der Waals surface area contributed by atoms with Crippen LogP contribution in [0.5, 0.6) is 0 Å². The lowest BCUT2D eigenvalue weighted by atomic mass is 9.81. The molecule has 0 spiro atoms. The summed E-state index contributed by atoms with van der Waals surface area (Å²) in [5.74, 6) is -0.908. The Morgan fingerprint density at radius 1 is 0.898 bits per heavy atom. The first-order valence-corrected chi connectivity index (χ1v) is 17.1. The summed E-state index contributed by atoms with van der Waals surface area (Å²) in [4.78, 5) is 62.3. The highest BCUT2D eigenvalue weighted by Gasteiger charge is 2.37. The zero-order valence-corrected chi connectivity index (χ0v) is 28.5. The van der Waals surface area contributed by atoms with Gasteiger partial charge in [0.2, 0.25) is 29.5 Å². The van der Waals surface area contributed by atoms with Crippen molar-refractivity contribution in [2.45, 2.75) is 65.5 Å². The Kier molecular flexibility index (Phi) is 15.1. The molecule has 15 heteroatoms. The van der Waals surface area contributed by atoms with Crippen LogP contribution in [-0.2, 0) is 57.7 Å². The highest BCUT2D eigenvalue weighted by molar-refractivity contribution is 6.03. The molecule has 2 fully saturated rings. The molecule has 0 radical (unpaired) electrons. The molecule has 4 rings (SSSR count). The van der Waals surface area contributed by atoms with Gasteiger partial charge in [-0.25, -0.2) is 4.68 Å². The largest absolute Gasteiger partial charge is 0.377 e. The maximum absolute atomic E-state index is 12.7. The quantitative estimate of drug-likeness (QED) is 0.137. The van der Waals surface area contributed by atoms with Crippen molar-refractivity contribution in [2.75, 3.05) is 58.0 Å². The van der Waals surface area contributed by atoms with Gasteiger partial charge in [-0.15, -0.1) is 5.10 Å². The van der Waals surface area contributed by atoms with E-state index in [4.69, 9.17) is 14.2 Å². The molecular formula is C34H49N7O8. The van der Waals surface area contributed by atoms with Gasteiger partial charge in [-0.1, -0.05) is 31.2 Å². The summed E-state index contributed by atoms with van der Waals surface area (Å²) in [6.45, 7) is 6.39. The average molecular weight is 684 g/mol. The van der Waals surface area contributed by atoms with E-state index < -0.39 is 0 Å². The topological polar surface area (TPSA) is 183 Å². The molecule has 2 aliphatic rings. The van der Waals surface area contributed by atoms with Gasteiger partial charge in [0.1, 0.15) is 18.9 Å². The summed E-state index contributed by atoms with van der Waals surface area (Å²) in [5.41, 5.74) is 2.51. The molecule has 5 amide bonds. The van der Waals surface area contributed by atoms with Crippen LogP contribution in [-0.4, -0.2) is 102 Å². The molecule has 1 saturated carbocycles. The molecule has 0 bridgehead atoms. The first-order valence-electron chi connectivity index (χ1n) is 17.1. The zero-order valence-electron chi connectivity index (χ0n) is 28.5. The number of hydrogen-bond donors (Lipinski definition) is 3. The standard InChI is InChI=1S/C34H49N7O8/c1-3-25-6-10-28(11-7-25)37-31(43)23-49-22-30(42)35-12-14-47-16-17-48-15-13-40-21-29(38-39-40)19-36-33(45)27-8-4-26(5-9-27)20-41-32(44)18-24(2)34(41)46/h6-7,10-11,21,24,26-27H,3-5,8-9,12-20,22-23H2,1-2H3,(H,35,42)(H,36,45)(H,37,43). The van der Waals surface area contributed by atoms with Crippen LogP contribution >= 0.6 is 0 Å². The maximum Gasteiger partial charge on any atom is 0.250 e. The smallest absolute Gasteiger partial charge is 0.250 e. The van der Waals surface area contributed by atoms with Crippen molar-refractivity contribution >= 4 is 35.2 Å². The second-order valence-electron chi connectivity index (χ2n) is 12.5. The number of carbonyl (C=O) groups excluding carboxylic acids is 5. The van der Waals surface area contributed by atoms with E-state index in [-0.39, 0.29) is 67.0 Å². The van der Waals surface area contributed by atoms with E-state index in [0.717, 1.165) is 32.1 Å². The summed E-state index contributed by atoms with van der Waals surface area (Å²) in [6, 6.07) is 7.55. The number of anilines is 1. The van der Waals surface area contributed by atoms with Crippen LogP contribution < -0.4 is 16.0 Å². The molecule has 49 heavy (non-hydrogen) atoms. The second kappa shape index (κ2) is 19.7. The van der Waals surface area contributed by atoms with Gasteiger partial charge in [0, 0.05) is 37.0 Å². The zero-order chi connectivity index (χ0) is 35.0. The van der Waals surface area contributed by atoms with Crippen molar-refractivity contribution in [3.63, 3.8) is 0 Å². The van der Waals surface area contributed by atoms with E-state index in [0.29, 0.717) is 63.9 Å². The lowest BCUT2D eigenvalue weighted by Gasteiger charge is -2.30. The molecule has 1 aliphatic heterocycles. The number of likely N-dealkylation sites (tertiary alicyclic amines) is 1. The van der Waals surface area contributed by atoms with Crippen LogP contribution in [0.3, 0.4) is 0 Å². The van der Waals surface area contributed by atoms with Gasteiger partial charge in [-0.05, 0) is 55.7 Å². The van der Waals surface area contributed by atoms with Crippen molar-refractivity contribution in [2.24, 2.45) is 17.8 Å². The van der Waals surface area contributed by atoms with Gasteiger partial charge in [-0.3, -0.25) is 28.9 Å². The lowest BCUT2D eigenvalue weighted by molar-refractivity contribution is -0.140. The minimum atomic E-state index is -0.337. The van der Waals surface area contributed by atoms with Crippen LogP contribution in [0.15, 0.2) is 30.5 Å². The van der Waals surface area contributed by atoms with Crippen LogP contribution in [0.2, 0.25) is 0 Å². The van der Waals surface area contributed by atoms with E-state index in [1.54, 1.807) is 17.8 Å². The summed E-state index contributed by atoms with van der Waals surface area (Å²) in [5, 5.41) is 16.6. The number of benzene rings is 1. The highest BCUT2D eigenvalue weighted by atomic mass is 16.5. The number of hydrogen-bond acceptors (Lipinski definition) is 10. The Labute approximate surface area is 286 Å². The minimum Gasteiger partial charge on any atom is -0.377 e. The van der Waals surface area contributed by atoms with Crippen LogP contribution in [0.1, 0.15) is 57.2 Å². The number of nitrogens with zero attached hydrogens (tertiary/aromatic N) is 4. The molecular weight excluding hydrogens is 634 g/mol. The van der Waals surface area contributed by atoms with Crippen molar-refractivity contribution in [1.82, 2.24) is 30.5 Å². The number of aromatic nitrogens is 3. The minimum absolute atomic E-state index is 0.0138. The highest BCUT2D eigenvalue weighted by Crippen LogP contribution is 2.31. The number of amides is 5. The summed E-state index contributed by atoms with van der Waals surface area (Å²) < 4.78 is 17.9. The molecule has 1 aromatic heterocycles. The number of imide groups is 1. The molecule has 268 valence electrons. The molecule has 1 aliphatic carbocycles. The maximum atomic E-state index is 12.7. The number of nitrogens with one attached hydrogen (secondary N) is 3. The SMILES string of the molecule is CCc1ccc(NC(=O)COCC(=O)NCCOCCOCCn2cc(CNC(=O)C3CCC(CN4C(=O)CC(C)C4=O)CC3)nn2)cc1. The molecule has 2 aromatic rings. The van der Waals surface area contributed by atoms with Gasteiger partial charge in [0.15, 0.2) is 0 Å². The predicted molar refractivity (Wildman–Crippen MR) is 178 cm³/mol. The Morgan fingerprint density at radius 2 is 1.61 bits per heavy atom. The first kappa shape index (κ1) is 37.6. The average Bonchev–Trinajstić information content (AvgIpc) is 3.65. The molecule has 15 nitrogen and oxygen atoms in total. The molecule has 1 aromatic carbocycles. The van der Waals surface area contributed by atoms with Gasteiger partial charge >= 0.3 is 0 Å². The van der Waals surface area contributed by atoms with Gasteiger partial charge in [-0.2, -0.15) is 0 Å². The van der Waals surface area contributed by atoms with E-state index in [2.05, 4.69) is 33.2 Å². The Balaban J connectivity index is 0.955. The van der Waals surface area contributed by atoms with Crippen LogP contribution in [0, 0.1) is 17.8 Å². The Hall–Kier alpha value is -4.21. The third-order valence-electron chi connectivity index (χ3n) is 8.68. The summed E-state index contributed by atoms with van der Waals surface area (Å²) in [6.07, 6.45) is 6.08. The molecule has 1 saturated heterocycles. The van der Waals surface area contributed by atoms with E-state index >= 15 is 0 Å². The number of carbonyl (C=O) groups is 5. The van der Waals surface area contributed by atoms with Crippen molar-refractivity contribution in [3.8, 4) is 0 Å². The van der Waals surface area contributed by atoms with Gasteiger partial charge < -0.3 is 30.2 Å². The van der Waals surface area contributed by atoms with Crippen molar-refractivity contribution < 1.29 is 38.2 Å². The van der Waals surface area contributed by atoms with Gasteiger partial charge in [0.05, 0.1) is 45.7 Å². The van der Waals surface area contributed by atoms with Crippen LogP contribution in [0.25, 0.3) is 0 Å². The van der Waals surface area contributed by atoms with Crippen molar-refractivity contribution in [1.29, 1.82) is 0 Å². The molecule has 3 N–H and O–H groups in total. The fourth-order valence-corrected chi connectivity index (χ4v) is 5.81. The lowest BCUT2D eigenvalue weighted by Crippen LogP contribution is -2.38. The van der Waals surface area contributed by atoms with E-state index in [9.17, 15) is 24.0 Å². The molecule has 2 heterocycles. The van der Waals surface area contributed by atoms with Gasteiger partial charge in [0.25, 0.3) is 0 Å². The number of rotatable bonds is 20. The number of aryl methyl sites for hydroxylation is 1. The first-order chi connectivity index (χ1) is 23.7. The predicted octanol–water partition coefficient (Wildman–Crippen LogP) is 1.46. The summed E-state index contributed by atoms with van der Waals surface area (Å²) >= 11 is 0. The van der Waals surface area contributed by atoms with Crippen molar-refractivity contribution in [3.05, 3.63) is 41.7 Å². The second-order valence-corrected chi connectivity index (χ2v) is 12.5. The molecule has 1 unspecified atom stereocenters. The summed E-state index contributed by atoms with van der Waals surface area (Å²) in [7, 11) is 0. The number of ether oxygens (including phenoxy) is 3. The van der Waals surface area contributed by atoms with E-state index in [1.165, 1.54) is 10.5 Å². The van der Waals surface area contributed by atoms with Crippen LogP contribution in [0.4, 0.5) is 5.69 Å². The fraction of sp³-hybridized carbons (Fsp3) is 0.618. The Bertz CT molecular complexity index is 1390. The van der Waals surface area contributed by atoms with E-state index in [1.807, 2.05) is 24.3 Å². The molecule has 1 atom stereocenters. The monoisotopic (exact) mass is 683 g/mol. The fourth-order valence-electron chi connectivity index (χ4n) is 5.81. The normalized spacial score (nSPS) is 19.2. The Morgan fingerprint density at radius 3 is 2.31 bits per heavy atom. The third kappa shape index (κ3) is 12.6.